The Labute approximate surface area is 83.3 Å². The second-order valence-corrected chi connectivity index (χ2v) is 2.75. The molecule has 0 atom stereocenters. The van der Waals surface area contributed by atoms with Crippen LogP contribution in [0.25, 0.3) is 0 Å². The molecule has 0 aliphatic rings. The van der Waals surface area contributed by atoms with Crippen LogP contribution in [-0.2, 0) is 5.88 Å². The molecular weight excluding hydrogens is 216 g/mol. The average molecular weight is 222 g/mol. The van der Waals surface area contributed by atoms with Crippen LogP contribution in [0.2, 0.25) is 0 Å². The van der Waals surface area contributed by atoms with Gasteiger partial charge in [0.05, 0.1) is 5.88 Å². The first-order valence-corrected chi connectivity index (χ1v) is 4.15. The minimum absolute atomic E-state index is 0.0156. The highest BCUT2D eigenvalue weighted by Crippen LogP contribution is 2.31. The molecule has 1 aromatic heterocycles. The van der Waals surface area contributed by atoms with Gasteiger partial charge in [-0.3, -0.25) is 9.78 Å². The van der Waals surface area contributed by atoms with E-state index in [-0.39, 0.29) is 17.0 Å². The summed E-state index contributed by atoms with van der Waals surface area (Å²) >= 11 is 5.40. The van der Waals surface area contributed by atoms with Crippen LogP contribution in [0.3, 0.4) is 0 Å². The highest BCUT2D eigenvalue weighted by Gasteiger charge is 2.19. The molecule has 1 heterocycles. The van der Waals surface area contributed by atoms with Crippen molar-refractivity contribution < 1.29 is 18.7 Å². The third-order valence-electron chi connectivity index (χ3n) is 1.69. The minimum Gasteiger partial charge on any atom is -0.505 e. The molecule has 0 fully saturated rings. The molecule has 0 radical (unpaired) electrons. The number of halogens is 3. The first-order chi connectivity index (χ1) is 6.61. The number of carbonyl (C=O) groups is 1. The topological polar surface area (TPSA) is 50.2 Å². The van der Waals surface area contributed by atoms with Crippen LogP contribution in [0.5, 0.6) is 5.75 Å². The average Bonchev–Trinajstić information content (AvgIpc) is 2.16. The standard InChI is InChI=1S/C8H6ClF2NO2/c9-1-5-4(3-13)2-12-6(7(5)14)8(10)11/h2-3,8,14H,1H2. The van der Waals surface area contributed by atoms with E-state index in [9.17, 15) is 18.7 Å². The van der Waals surface area contributed by atoms with Gasteiger partial charge in [0.2, 0.25) is 0 Å². The van der Waals surface area contributed by atoms with Crippen LogP contribution in [0, 0.1) is 0 Å². The van der Waals surface area contributed by atoms with E-state index < -0.39 is 17.9 Å². The molecule has 0 saturated carbocycles. The lowest BCUT2D eigenvalue weighted by atomic mass is 10.1. The molecule has 0 spiro atoms. The molecule has 0 amide bonds. The number of pyridine rings is 1. The zero-order valence-corrected chi connectivity index (χ0v) is 7.63. The quantitative estimate of drug-likeness (QED) is 0.629. The van der Waals surface area contributed by atoms with Crippen molar-refractivity contribution in [2.75, 3.05) is 0 Å². The van der Waals surface area contributed by atoms with Gasteiger partial charge in [0, 0.05) is 17.3 Å². The summed E-state index contributed by atoms with van der Waals surface area (Å²) in [4.78, 5) is 13.7. The number of hydrogen-bond acceptors (Lipinski definition) is 3. The fourth-order valence-corrected chi connectivity index (χ4v) is 1.25. The molecule has 76 valence electrons. The maximum Gasteiger partial charge on any atom is 0.284 e. The summed E-state index contributed by atoms with van der Waals surface area (Å²) in [5, 5.41) is 9.29. The third-order valence-corrected chi connectivity index (χ3v) is 1.95. The Morgan fingerprint density at radius 2 is 2.29 bits per heavy atom. The highest BCUT2D eigenvalue weighted by molar-refractivity contribution is 6.17. The molecule has 3 nitrogen and oxygen atoms in total. The van der Waals surface area contributed by atoms with Crippen molar-refractivity contribution in [3.63, 3.8) is 0 Å². The first-order valence-electron chi connectivity index (χ1n) is 3.61. The number of rotatable bonds is 3. The van der Waals surface area contributed by atoms with Gasteiger partial charge in [0.15, 0.2) is 6.29 Å². The van der Waals surface area contributed by atoms with Gasteiger partial charge < -0.3 is 5.11 Å². The van der Waals surface area contributed by atoms with Gasteiger partial charge in [-0.15, -0.1) is 11.6 Å². The van der Waals surface area contributed by atoms with E-state index in [0.717, 1.165) is 6.20 Å². The van der Waals surface area contributed by atoms with Crippen LogP contribution < -0.4 is 0 Å². The summed E-state index contributed by atoms with van der Waals surface area (Å²) in [6.45, 7) is 0. The molecule has 0 aliphatic heterocycles. The van der Waals surface area contributed by atoms with Gasteiger partial charge in [-0.25, -0.2) is 8.78 Å². The summed E-state index contributed by atoms with van der Waals surface area (Å²) in [5.41, 5.74) is -0.764. The van der Waals surface area contributed by atoms with Crippen LogP contribution in [-0.4, -0.2) is 16.4 Å². The largest absolute Gasteiger partial charge is 0.505 e. The molecule has 0 aromatic carbocycles. The van der Waals surface area contributed by atoms with E-state index in [4.69, 9.17) is 11.6 Å². The Morgan fingerprint density at radius 3 is 2.71 bits per heavy atom. The Morgan fingerprint density at radius 1 is 1.64 bits per heavy atom. The van der Waals surface area contributed by atoms with E-state index in [0.29, 0.717) is 6.29 Å². The lowest BCUT2D eigenvalue weighted by molar-refractivity contribution is 0.111. The summed E-state index contributed by atoms with van der Waals surface area (Å²) in [7, 11) is 0. The van der Waals surface area contributed by atoms with Crippen molar-refractivity contribution in [2.24, 2.45) is 0 Å². The monoisotopic (exact) mass is 221 g/mol. The van der Waals surface area contributed by atoms with Crippen LogP contribution in [0.15, 0.2) is 6.20 Å². The summed E-state index contributed by atoms with van der Waals surface area (Å²) < 4.78 is 24.5. The molecule has 6 heteroatoms. The second kappa shape index (κ2) is 4.32. The summed E-state index contributed by atoms with van der Waals surface area (Å²) in [6.07, 6.45) is -1.52. The molecule has 0 aliphatic carbocycles. The molecule has 1 N–H and O–H groups in total. The fourth-order valence-electron chi connectivity index (χ4n) is 0.971. The number of aromatic nitrogens is 1. The van der Waals surface area contributed by atoms with Crippen molar-refractivity contribution in [3.8, 4) is 5.75 Å². The van der Waals surface area contributed by atoms with Gasteiger partial charge >= 0.3 is 0 Å². The van der Waals surface area contributed by atoms with Crippen LogP contribution in [0.1, 0.15) is 28.0 Å². The van der Waals surface area contributed by atoms with Crippen molar-refractivity contribution in [3.05, 3.63) is 23.0 Å². The Hall–Kier alpha value is -1.23. The molecule has 1 rings (SSSR count). The summed E-state index contributed by atoms with van der Waals surface area (Å²) in [6, 6.07) is 0. The maximum atomic E-state index is 12.2. The first kappa shape index (κ1) is 10.8. The van der Waals surface area contributed by atoms with Crippen molar-refractivity contribution in [2.45, 2.75) is 12.3 Å². The zero-order chi connectivity index (χ0) is 10.7. The predicted molar refractivity (Wildman–Crippen MR) is 45.8 cm³/mol. The SMILES string of the molecule is O=Cc1cnc(C(F)F)c(O)c1CCl. The van der Waals surface area contributed by atoms with Gasteiger partial charge in [-0.05, 0) is 0 Å². The van der Waals surface area contributed by atoms with E-state index in [1.807, 2.05) is 0 Å². The number of alkyl halides is 3. The minimum atomic E-state index is -2.89. The zero-order valence-electron chi connectivity index (χ0n) is 6.88. The number of aromatic hydroxyl groups is 1. The van der Waals surface area contributed by atoms with Gasteiger partial charge in [0.1, 0.15) is 11.4 Å². The number of hydrogen-bond donors (Lipinski definition) is 1. The van der Waals surface area contributed by atoms with Crippen molar-refractivity contribution in [1.82, 2.24) is 4.98 Å². The van der Waals surface area contributed by atoms with Crippen molar-refractivity contribution in [1.29, 1.82) is 0 Å². The Bertz CT molecular complexity index is 357. The van der Waals surface area contributed by atoms with Crippen molar-refractivity contribution >= 4 is 17.9 Å². The lowest BCUT2D eigenvalue weighted by Crippen LogP contribution is -1.99. The summed E-state index contributed by atoms with van der Waals surface area (Å²) in [5.74, 6) is -0.929. The van der Waals surface area contributed by atoms with Gasteiger partial charge in [-0.1, -0.05) is 0 Å². The smallest absolute Gasteiger partial charge is 0.284 e. The Kier molecular flexibility index (Phi) is 3.35. The Balaban J connectivity index is 3.34. The highest BCUT2D eigenvalue weighted by atomic mass is 35.5. The molecule has 0 unspecified atom stereocenters. The van der Waals surface area contributed by atoms with Gasteiger partial charge in [-0.2, -0.15) is 0 Å². The van der Waals surface area contributed by atoms with Gasteiger partial charge in [0.25, 0.3) is 6.43 Å². The maximum absolute atomic E-state index is 12.2. The predicted octanol–water partition coefficient (Wildman–Crippen LogP) is 2.28. The lowest BCUT2D eigenvalue weighted by Gasteiger charge is -2.07. The number of nitrogens with zero attached hydrogens (tertiary/aromatic N) is 1. The number of aldehydes is 1. The van der Waals surface area contributed by atoms with E-state index in [1.54, 1.807) is 0 Å². The van der Waals surface area contributed by atoms with E-state index in [1.165, 1.54) is 0 Å². The molecule has 1 aromatic rings. The molecule has 0 bridgehead atoms. The van der Waals surface area contributed by atoms with E-state index >= 15 is 0 Å². The normalized spacial score (nSPS) is 10.6. The second-order valence-electron chi connectivity index (χ2n) is 2.48. The molecule has 14 heavy (non-hydrogen) atoms. The molecule has 0 saturated heterocycles. The van der Waals surface area contributed by atoms with Crippen LogP contribution in [0.4, 0.5) is 8.78 Å². The number of carbonyl (C=O) groups excluding carboxylic acids is 1. The third kappa shape index (κ3) is 1.82. The molecular formula is C8H6ClF2NO2. The fraction of sp³-hybridized carbons (Fsp3) is 0.250. The van der Waals surface area contributed by atoms with E-state index in [2.05, 4.69) is 4.98 Å². The van der Waals surface area contributed by atoms with Crippen LogP contribution >= 0.6 is 11.6 Å².